The zero-order chi connectivity index (χ0) is 15.2. The van der Waals surface area contributed by atoms with Gasteiger partial charge in [0.2, 0.25) is 0 Å². The number of hydrogen-bond donors (Lipinski definition) is 1. The zero-order valence-corrected chi connectivity index (χ0v) is 14.6. The highest BCUT2D eigenvalue weighted by Crippen LogP contribution is 2.25. The lowest BCUT2D eigenvalue weighted by Crippen LogP contribution is -2.26. The molecule has 0 heterocycles. The van der Waals surface area contributed by atoms with Gasteiger partial charge in [-0.15, -0.1) is 0 Å². The van der Waals surface area contributed by atoms with Gasteiger partial charge in [-0.2, -0.15) is 0 Å². The van der Waals surface area contributed by atoms with Crippen molar-refractivity contribution in [3.63, 3.8) is 0 Å². The van der Waals surface area contributed by atoms with Crippen LogP contribution in [-0.2, 0) is 0 Å². The highest BCUT2D eigenvalue weighted by molar-refractivity contribution is 9.10. The summed E-state index contributed by atoms with van der Waals surface area (Å²) >= 11 is 3.49. The molecule has 21 heavy (non-hydrogen) atoms. The molecule has 2 aromatic carbocycles. The van der Waals surface area contributed by atoms with Crippen LogP contribution in [0, 0.1) is 5.92 Å². The van der Waals surface area contributed by atoms with Gasteiger partial charge >= 0.3 is 0 Å². The number of halogens is 1. The van der Waals surface area contributed by atoms with Crippen molar-refractivity contribution in [1.82, 2.24) is 5.32 Å². The molecule has 0 aliphatic carbocycles. The highest BCUT2D eigenvalue weighted by atomic mass is 79.9. The second-order valence-electron chi connectivity index (χ2n) is 6.03. The summed E-state index contributed by atoms with van der Waals surface area (Å²) in [6.45, 7) is 6.79. The Balaban J connectivity index is 2.13. The molecule has 2 aromatic rings. The van der Waals surface area contributed by atoms with E-state index in [1.54, 1.807) is 0 Å². The average Bonchev–Trinajstić information content (AvgIpc) is 2.47. The first-order chi connectivity index (χ1) is 10.1. The maximum Gasteiger partial charge on any atom is 0.0328 e. The monoisotopic (exact) mass is 345 g/mol. The van der Waals surface area contributed by atoms with Crippen LogP contribution < -0.4 is 5.32 Å². The van der Waals surface area contributed by atoms with E-state index in [1.165, 1.54) is 11.1 Å². The molecular formula is C19H24BrN. The van der Waals surface area contributed by atoms with Crippen molar-refractivity contribution in [3.05, 3.63) is 70.2 Å². The Morgan fingerprint density at radius 2 is 1.48 bits per heavy atom. The van der Waals surface area contributed by atoms with Gasteiger partial charge in [0, 0.05) is 16.6 Å². The molecule has 2 unspecified atom stereocenters. The van der Waals surface area contributed by atoms with Gasteiger partial charge in [-0.05, 0) is 42.5 Å². The Morgan fingerprint density at radius 3 is 2.05 bits per heavy atom. The van der Waals surface area contributed by atoms with Gasteiger partial charge < -0.3 is 5.32 Å². The van der Waals surface area contributed by atoms with Gasteiger partial charge in [-0.3, -0.25) is 0 Å². The van der Waals surface area contributed by atoms with Gasteiger partial charge in [0.15, 0.2) is 0 Å². The molecule has 0 spiro atoms. The molecule has 2 rings (SSSR count). The second-order valence-corrected chi connectivity index (χ2v) is 6.95. The van der Waals surface area contributed by atoms with E-state index in [-0.39, 0.29) is 0 Å². The summed E-state index contributed by atoms with van der Waals surface area (Å²) < 4.78 is 1.13. The van der Waals surface area contributed by atoms with E-state index in [1.807, 2.05) is 0 Å². The summed E-state index contributed by atoms with van der Waals surface area (Å²) in [4.78, 5) is 0. The quantitative estimate of drug-likeness (QED) is 0.688. The van der Waals surface area contributed by atoms with Gasteiger partial charge in [0.25, 0.3) is 0 Å². The lowest BCUT2D eigenvalue weighted by Gasteiger charge is -2.25. The first-order valence-corrected chi connectivity index (χ1v) is 8.42. The van der Waals surface area contributed by atoms with Crippen LogP contribution in [0.5, 0.6) is 0 Å². The third kappa shape index (κ3) is 4.98. The molecule has 2 heteroatoms. The topological polar surface area (TPSA) is 12.0 Å². The Labute approximate surface area is 136 Å². The molecule has 1 nitrogen and oxygen atoms in total. The molecule has 0 saturated heterocycles. The fraction of sp³-hybridized carbons (Fsp3) is 0.368. The van der Waals surface area contributed by atoms with Crippen LogP contribution in [0.15, 0.2) is 59.1 Å². The molecule has 0 aliphatic heterocycles. The molecule has 0 aliphatic rings. The lowest BCUT2D eigenvalue weighted by molar-refractivity contribution is 0.394. The minimum Gasteiger partial charge on any atom is -0.303 e. The largest absolute Gasteiger partial charge is 0.303 e. The normalized spacial score (nSPS) is 14.1. The molecule has 2 atom stereocenters. The van der Waals surface area contributed by atoms with E-state index < -0.39 is 0 Å². The van der Waals surface area contributed by atoms with Crippen molar-refractivity contribution in [2.24, 2.45) is 5.92 Å². The zero-order valence-electron chi connectivity index (χ0n) is 13.0. The summed E-state index contributed by atoms with van der Waals surface area (Å²) in [6, 6.07) is 20.0. The summed E-state index contributed by atoms with van der Waals surface area (Å²) in [6.07, 6.45) is 1.14. The number of nitrogens with one attached hydrogen (secondary N) is 1. The van der Waals surface area contributed by atoms with Crippen molar-refractivity contribution >= 4 is 15.9 Å². The first kappa shape index (κ1) is 16.3. The highest BCUT2D eigenvalue weighted by Gasteiger charge is 2.16. The molecule has 112 valence electrons. The third-order valence-corrected chi connectivity index (χ3v) is 4.26. The summed E-state index contributed by atoms with van der Waals surface area (Å²) in [7, 11) is 0. The summed E-state index contributed by atoms with van der Waals surface area (Å²) in [5.41, 5.74) is 2.69. The molecule has 1 N–H and O–H groups in total. The number of hydrogen-bond acceptors (Lipinski definition) is 1. The van der Waals surface area contributed by atoms with Crippen molar-refractivity contribution in [2.45, 2.75) is 39.3 Å². The smallest absolute Gasteiger partial charge is 0.0328 e. The molecule has 0 fully saturated rings. The van der Waals surface area contributed by atoms with Crippen LogP contribution in [0.4, 0.5) is 0 Å². The number of benzene rings is 2. The standard InChI is InChI=1S/C19H24BrN/c1-14(2)13-19(17-7-5-4-6-8-17)21-15(3)16-9-11-18(20)12-10-16/h4-12,14-15,19,21H,13H2,1-3H3. The van der Waals surface area contributed by atoms with E-state index in [9.17, 15) is 0 Å². The first-order valence-electron chi connectivity index (χ1n) is 7.62. The molecule has 0 aromatic heterocycles. The lowest BCUT2D eigenvalue weighted by atomic mass is 9.95. The fourth-order valence-electron chi connectivity index (χ4n) is 2.61. The van der Waals surface area contributed by atoms with Crippen LogP contribution in [0.25, 0.3) is 0 Å². The third-order valence-electron chi connectivity index (χ3n) is 3.73. The average molecular weight is 346 g/mol. The van der Waals surface area contributed by atoms with Gasteiger partial charge in [0.05, 0.1) is 0 Å². The van der Waals surface area contributed by atoms with Crippen molar-refractivity contribution in [3.8, 4) is 0 Å². The minimum absolute atomic E-state index is 0.335. The van der Waals surface area contributed by atoms with Crippen LogP contribution >= 0.6 is 15.9 Å². The predicted octanol–water partition coefficient (Wildman–Crippen LogP) is 5.89. The Kier molecular flexibility index (Phi) is 6.01. The van der Waals surface area contributed by atoms with E-state index in [2.05, 4.69) is 96.6 Å². The van der Waals surface area contributed by atoms with Crippen LogP contribution in [0.2, 0.25) is 0 Å². The minimum atomic E-state index is 0.335. The molecule has 0 bridgehead atoms. The number of rotatable bonds is 6. The van der Waals surface area contributed by atoms with Gasteiger partial charge in [-0.25, -0.2) is 0 Å². The van der Waals surface area contributed by atoms with Gasteiger partial charge in [0.1, 0.15) is 0 Å². The van der Waals surface area contributed by atoms with E-state index in [4.69, 9.17) is 0 Å². The summed E-state index contributed by atoms with van der Waals surface area (Å²) in [5, 5.41) is 3.79. The Bertz CT molecular complexity index is 533. The molecule has 0 saturated carbocycles. The molecule has 0 amide bonds. The second kappa shape index (κ2) is 7.77. The van der Waals surface area contributed by atoms with Crippen LogP contribution in [0.3, 0.4) is 0 Å². The van der Waals surface area contributed by atoms with E-state index in [0.717, 1.165) is 10.9 Å². The molecular weight excluding hydrogens is 322 g/mol. The summed E-state index contributed by atoms with van der Waals surface area (Å²) in [5.74, 6) is 0.667. The maximum absolute atomic E-state index is 3.79. The predicted molar refractivity (Wildman–Crippen MR) is 94.3 cm³/mol. The molecule has 0 radical (unpaired) electrons. The van der Waals surface area contributed by atoms with Crippen molar-refractivity contribution in [2.75, 3.05) is 0 Å². The van der Waals surface area contributed by atoms with Crippen molar-refractivity contribution in [1.29, 1.82) is 0 Å². The van der Waals surface area contributed by atoms with Crippen LogP contribution in [-0.4, -0.2) is 0 Å². The SMILES string of the molecule is CC(C)CC(NC(C)c1ccc(Br)cc1)c1ccccc1. The maximum atomic E-state index is 3.79. The van der Waals surface area contributed by atoms with E-state index in [0.29, 0.717) is 18.0 Å². The Morgan fingerprint density at radius 1 is 0.857 bits per heavy atom. The van der Waals surface area contributed by atoms with E-state index >= 15 is 0 Å². The van der Waals surface area contributed by atoms with Crippen molar-refractivity contribution < 1.29 is 0 Å². The fourth-order valence-corrected chi connectivity index (χ4v) is 2.87. The van der Waals surface area contributed by atoms with Crippen LogP contribution in [0.1, 0.15) is 50.4 Å². The Hall–Kier alpha value is -1.12. The van der Waals surface area contributed by atoms with Gasteiger partial charge in [-0.1, -0.05) is 72.2 Å².